The van der Waals surface area contributed by atoms with Gasteiger partial charge in [-0.3, -0.25) is 0 Å². The second-order valence-corrected chi connectivity index (χ2v) is 6.35. The molecule has 2 heterocycles. The van der Waals surface area contributed by atoms with Gasteiger partial charge in [-0.15, -0.1) is 11.3 Å². The lowest BCUT2D eigenvalue weighted by Gasteiger charge is -2.13. The lowest BCUT2D eigenvalue weighted by atomic mass is 10.0. The molecule has 0 bridgehead atoms. The van der Waals surface area contributed by atoms with E-state index in [0.717, 1.165) is 31.2 Å². The highest BCUT2D eigenvalue weighted by molar-refractivity contribution is 7.17. The van der Waals surface area contributed by atoms with E-state index in [-0.39, 0.29) is 0 Å². The van der Waals surface area contributed by atoms with Crippen LogP contribution in [-0.4, -0.2) is 20.3 Å². The van der Waals surface area contributed by atoms with E-state index in [1.165, 1.54) is 26.8 Å². The molecule has 0 saturated carbocycles. The first-order valence-corrected chi connectivity index (χ1v) is 8.37. The van der Waals surface area contributed by atoms with Crippen LogP contribution in [0.2, 0.25) is 0 Å². The van der Waals surface area contributed by atoms with Gasteiger partial charge in [-0.05, 0) is 29.1 Å². The van der Waals surface area contributed by atoms with Gasteiger partial charge in [-0.25, -0.2) is 0 Å². The minimum Gasteiger partial charge on any atom is -0.493 e. The lowest BCUT2D eigenvalue weighted by Crippen LogP contribution is -2.83. The van der Waals surface area contributed by atoms with Gasteiger partial charge in [0.05, 0.1) is 12.7 Å². The maximum atomic E-state index is 5.88. The van der Waals surface area contributed by atoms with Crippen molar-refractivity contribution >= 4 is 21.4 Å². The Morgan fingerprint density at radius 3 is 3.05 bits per heavy atom. The number of hydrogen-bond donors (Lipinski definition) is 1. The van der Waals surface area contributed by atoms with E-state index in [0.29, 0.717) is 0 Å². The van der Waals surface area contributed by atoms with Crippen LogP contribution in [0.25, 0.3) is 21.2 Å². The first-order chi connectivity index (χ1) is 10.9. The summed E-state index contributed by atoms with van der Waals surface area (Å²) in [4.78, 5) is 0. The normalized spacial score (nSPS) is 14.2. The van der Waals surface area contributed by atoms with Crippen molar-refractivity contribution in [1.29, 1.82) is 0 Å². The topological polar surface area (TPSA) is 35.1 Å². The number of methoxy groups -OCH3 is 1. The van der Waals surface area contributed by atoms with Crippen molar-refractivity contribution in [3.8, 4) is 22.6 Å². The third-order valence-electron chi connectivity index (χ3n) is 4.08. The Kier molecular flexibility index (Phi) is 3.48. The Bertz CT molecular complexity index is 825. The zero-order valence-electron chi connectivity index (χ0n) is 12.5. The fraction of sp³-hybridized carbons (Fsp3) is 0.222. The van der Waals surface area contributed by atoms with Crippen LogP contribution >= 0.6 is 11.3 Å². The maximum absolute atomic E-state index is 5.88. The molecule has 2 N–H and O–H groups in total. The molecule has 0 fully saturated rings. The summed E-state index contributed by atoms with van der Waals surface area (Å²) in [6, 6.07) is 12.9. The van der Waals surface area contributed by atoms with Gasteiger partial charge < -0.3 is 14.8 Å². The third-order valence-corrected chi connectivity index (χ3v) is 5.04. The van der Waals surface area contributed by atoms with Crippen molar-refractivity contribution in [2.24, 2.45) is 0 Å². The van der Waals surface area contributed by atoms with Crippen LogP contribution in [0.1, 0.15) is 5.56 Å². The van der Waals surface area contributed by atoms with E-state index in [1.54, 1.807) is 18.4 Å². The summed E-state index contributed by atoms with van der Waals surface area (Å²) in [5.41, 5.74) is 3.68. The van der Waals surface area contributed by atoms with E-state index in [1.807, 2.05) is 0 Å². The van der Waals surface area contributed by atoms with Crippen LogP contribution in [0.3, 0.4) is 0 Å². The van der Waals surface area contributed by atoms with E-state index >= 15 is 0 Å². The number of quaternary nitrogens is 1. The molecule has 112 valence electrons. The number of hydrogen-bond acceptors (Lipinski definition) is 3. The second-order valence-electron chi connectivity index (χ2n) is 5.44. The summed E-state index contributed by atoms with van der Waals surface area (Å²) in [6.07, 6.45) is 0. The summed E-state index contributed by atoms with van der Waals surface area (Å²) in [5, 5.41) is 5.81. The van der Waals surface area contributed by atoms with Crippen LogP contribution in [-0.2, 0) is 6.54 Å². The van der Waals surface area contributed by atoms with Crippen molar-refractivity contribution in [3.63, 3.8) is 0 Å². The number of nitrogens with two attached hydrogens (primary N) is 1. The fourth-order valence-electron chi connectivity index (χ4n) is 2.99. The van der Waals surface area contributed by atoms with Gasteiger partial charge in [0.1, 0.15) is 19.7 Å². The minimum absolute atomic E-state index is 0.726. The van der Waals surface area contributed by atoms with Gasteiger partial charge in [0.2, 0.25) is 0 Å². The largest absolute Gasteiger partial charge is 0.493 e. The smallest absolute Gasteiger partial charge is 0.170 e. The molecule has 0 aliphatic carbocycles. The van der Waals surface area contributed by atoms with E-state index in [2.05, 4.69) is 47.1 Å². The fourth-order valence-corrected chi connectivity index (χ4v) is 3.96. The molecule has 0 radical (unpaired) electrons. The average molecular weight is 312 g/mol. The number of fused-ring (bicyclic) bond motifs is 2. The number of ether oxygens (including phenoxy) is 2. The van der Waals surface area contributed by atoms with Crippen LogP contribution in [0.4, 0.5) is 0 Å². The first-order valence-electron chi connectivity index (χ1n) is 7.49. The maximum Gasteiger partial charge on any atom is 0.170 e. The number of thiophene rings is 1. The van der Waals surface area contributed by atoms with Gasteiger partial charge in [0.15, 0.2) is 11.5 Å². The summed E-state index contributed by atoms with van der Waals surface area (Å²) < 4.78 is 12.8. The molecule has 22 heavy (non-hydrogen) atoms. The lowest BCUT2D eigenvalue weighted by molar-refractivity contribution is -0.669. The van der Waals surface area contributed by atoms with Gasteiger partial charge in [-0.2, -0.15) is 0 Å². The molecule has 0 unspecified atom stereocenters. The van der Waals surface area contributed by atoms with Crippen LogP contribution in [0.15, 0.2) is 41.8 Å². The zero-order chi connectivity index (χ0) is 14.9. The molecule has 4 heteroatoms. The molecule has 4 rings (SSSR count). The monoisotopic (exact) mass is 312 g/mol. The van der Waals surface area contributed by atoms with E-state index < -0.39 is 0 Å². The first kappa shape index (κ1) is 13.6. The molecule has 0 atom stereocenters. The zero-order valence-corrected chi connectivity index (χ0v) is 13.3. The summed E-state index contributed by atoms with van der Waals surface area (Å²) >= 11 is 1.78. The van der Waals surface area contributed by atoms with Crippen LogP contribution < -0.4 is 14.8 Å². The quantitative estimate of drug-likeness (QED) is 0.789. The average Bonchev–Trinajstić information content (AvgIpc) is 2.84. The molecule has 0 amide bonds. The van der Waals surface area contributed by atoms with E-state index in [4.69, 9.17) is 9.47 Å². The van der Waals surface area contributed by atoms with Crippen LogP contribution in [0, 0.1) is 0 Å². The number of benzene rings is 2. The predicted molar refractivity (Wildman–Crippen MR) is 89.8 cm³/mol. The summed E-state index contributed by atoms with van der Waals surface area (Å²) in [6.45, 7) is 2.64. The highest BCUT2D eigenvalue weighted by Gasteiger charge is 2.19. The van der Waals surface area contributed by atoms with Crippen molar-refractivity contribution in [2.75, 3.05) is 20.3 Å². The molecule has 3 nitrogen and oxygen atoms in total. The Morgan fingerprint density at radius 1 is 1.23 bits per heavy atom. The molecule has 1 aliphatic rings. The highest BCUT2D eigenvalue weighted by Crippen LogP contribution is 2.40. The van der Waals surface area contributed by atoms with Gasteiger partial charge in [-0.1, -0.05) is 18.2 Å². The van der Waals surface area contributed by atoms with Crippen LogP contribution in [0.5, 0.6) is 11.5 Å². The Morgan fingerprint density at radius 2 is 2.14 bits per heavy atom. The van der Waals surface area contributed by atoms with Crippen molar-refractivity contribution in [2.45, 2.75) is 6.54 Å². The Hall–Kier alpha value is -2.04. The molecular weight excluding hydrogens is 294 g/mol. The standard InChI is InChI=1S/C18H17NO2S/c1-20-16-9-12(8-13-10-19-6-7-21-18(13)16)15-11-22-17-5-3-2-4-14(15)17/h2-5,8-9,11,19H,6-7,10H2,1H3/p+1. The van der Waals surface area contributed by atoms with Gasteiger partial charge >= 0.3 is 0 Å². The molecular formula is C18H18NO2S+. The van der Waals surface area contributed by atoms with Crippen molar-refractivity contribution in [3.05, 3.63) is 47.3 Å². The second kappa shape index (κ2) is 5.63. The predicted octanol–water partition coefficient (Wildman–Crippen LogP) is 3.03. The molecule has 2 aromatic carbocycles. The third kappa shape index (κ3) is 2.25. The molecule has 0 saturated heterocycles. The Labute approximate surface area is 133 Å². The molecule has 1 aliphatic heterocycles. The minimum atomic E-state index is 0.726. The van der Waals surface area contributed by atoms with Gasteiger partial charge in [0.25, 0.3) is 0 Å². The molecule has 0 spiro atoms. The number of rotatable bonds is 2. The molecule has 3 aromatic rings. The SMILES string of the molecule is COc1cc(-c2csc3ccccc23)cc2c1OCC[NH2+]C2. The van der Waals surface area contributed by atoms with Crippen molar-refractivity contribution in [1.82, 2.24) is 0 Å². The van der Waals surface area contributed by atoms with Gasteiger partial charge in [0, 0.05) is 15.6 Å². The Balaban J connectivity index is 1.90. The summed E-state index contributed by atoms with van der Waals surface area (Å²) in [5.74, 6) is 1.73. The van der Waals surface area contributed by atoms with Crippen molar-refractivity contribution < 1.29 is 14.8 Å². The van der Waals surface area contributed by atoms with E-state index in [9.17, 15) is 0 Å². The summed E-state index contributed by atoms with van der Waals surface area (Å²) in [7, 11) is 1.71. The molecule has 1 aromatic heterocycles. The highest BCUT2D eigenvalue weighted by atomic mass is 32.1.